The summed E-state index contributed by atoms with van der Waals surface area (Å²) in [4.78, 5) is 30.9. The van der Waals surface area contributed by atoms with Crippen LogP contribution >= 0.6 is 11.5 Å². The molecule has 0 bridgehead atoms. The minimum absolute atomic E-state index is 0.0683. The first-order valence-corrected chi connectivity index (χ1v) is 13.8. The van der Waals surface area contributed by atoms with Crippen molar-refractivity contribution in [2.75, 3.05) is 11.3 Å². The summed E-state index contributed by atoms with van der Waals surface area (Å²) in [6.45, 7) is 6.59. The zero-order valence-electron chi connectivity index (χ0n) is 20.4. The lowest BCUT2D eigenvalue weighted by atomic mass is 9.95. The number of carbonyl (C=O) groups excluding carboxylic acids is 1. The Balaban J connectivity index is 1.43. The number of hydrogen-bond donors (Lipinski definition) is 1. The fraction of sp³-hybridized carbons (Fsp3) is 0.333. The smallest absolute Gasteiger partial charge is 0.420 e. The molecule has 2 aromatic heterocycles. The highest BCUT2D eigenvalue weighted by Gasteiger charge is 2.27. The Morgan fingerprint density at radius 2 is 2.05 bits per heavy atom. The lowest BCUT2D eigenvalue weighted by Gasteiger charge is -2.32. The van der Waals surface area contributed by atoms with Crippen LogP contribution in [0.3, 0.4) is 0 Å². The number of anilines is 1. The second kappa shape index (κ2) is 9.30. The van der Waals surface area contributed by atoms with Crippen molar-refractivity contribution >= 4 is 43.9 Å². The maximum absolute atomic E-state index is 12.8. The summed E-state index contributed by atoms with van der Waals surface area (Å²) in [5.41, 5.74) is 2.93. The Labute approximate surface area is 216 Å². The van der Waals surface area contributed by atoms with Gasteiger partial charge in [0.1, 0.15) is 11.9 Å². The summed E-state index contributed by atoms with van der Waals surface area (Å²) in [7, 11) is -3.94. The molecule has 1 N–H and O–H groups in total. The number of hydrogen-bond acceptors (Lipinski definition) is 9. The van der Waals surface area contributed by atoms with Gasteiger partial charge in [-0.15, -0.1) is 0 Å². The quantitative estimate of drug-likeness (QED) is 0.403. The van der Waals surface area contributed by atoms with E-state index in [1.54, 1.807) is 4.90 Å². The van der Waals surface area contributed by atoms with Crippen molar-refractivity contribution in [2.24, 2.45) is 0 Å². The van der Waals surface area contributed by atoms with Crippen molar-refractivity contribution in [3.05, 3.63) is 70.0 Å². The average Bonchev–Trinajstić information content (AvgIpc) is 3.44. The topological polar surface area (TPSA) is 137 Å². The maximum atomic E-state index is 12.8. The van der Waals surface area contributed by atoms with Gasteiger partial charge in [0, 0.05) is 30.7 Å². The van der Waals surface area contributed by atoms with E-state index in [0.29, 0.717) is 25.0 Å². The van der Waals surface area contributed by atoms with Crippen LogP contribution in [-0.4, -0.2) is 45.5 Å². The van der Waals surface area contributed by atoms with E-state index >= 15 is 0 Å². The van der Waals surface area contributed by atoms with Crippen LogP contribution in [0.5, 0.6) is 0 Å². The Bertz CT molecular complexity index is 1630. The van der Waals surface area contributed by atoms with Gasteiger partial charge in [-0.3, -0.25) is 9.29 Å². The van der Waals surface area contributed by atoms with Crippen LogP contribution in [-0.2, 0) is 34.3 Å². The van der Waals surface area contributed by atoms with Crippen LogP contribution in [0, 0.1) is 0 Å². The minimum atomic E-state index is -3.94. The van der Waals surface area contributed by atoms with E-state index in [9.17, 15) is 18.0 Å². The van der Waals surface area contributed by atoms with Crippen molar-refractivity contribution in [1.82, 2.24) is 18.8 Å². The Morgan fingerprint density at radius 3 is 2.78 bits per heavy atom. The summed E-state index contributed by atoms with van der Waals surface area (Å²) in [6.07, 6.45) is 1.54. The zero-order valence-corrected chi connectivity index (χ0v) is 22.1. The van der Waals surface area contributed by atoms with Gasteiger partial charge in [-0.2, -0.15) is 4.37 Å². The number of sulfonamides is 1. The Kier molecular flexibility index (Phi) is 6.28. The predicted molar refractivity (Wildman–Crippen MR) is 137 cm³/mol. The molecule has 4 aromatic rings. The molecule has 0 saturated carbocycles. The van der Waals surface area contributed by atoms with Crippen LogP contribution in [0.25, 0.3) is 11.1 Å². The van der Waals surface area contributed by atoms with Gasteiger partial charge in [0.05, 0.1) is 17.0 Å². The van der Waals surface area contributed by atoms with Crippen LogP contribution in [0.1, 0.15) is 37.5 Å². The Hall–Kier alpha value is -3.71. The fourth-order valence-electron chi connectivity index (χ4n) is 4.21. The number of nitrogens with one attached hydrogen (secondary N) is 1. The molecular formula is C24H25N5O6S2. The monoisotopic (exact) mass is 543 g/mol. The van der Waals surface area contributed by atoms with Crippen LogP contribution in [0.15, 0.2) is 56.8 Å². The molecule has 0 unspecified atom stereocenters. The molecule has 0 saturated heterocycles. The fourth-order valence-corrected chi connectivity index (χ4v) is 5.88. The van der Waals surface area contributed by atoms with E-state index in [-0.39, 0.29) is 28.2 Å². The number of nitrogens with zero attached hydrogens (tertiary/aromatic N) is 4. The van der Waals surface area contributed by atoms with Gasteiger partial charge >= 0.3 is 11.8 Å². The highest BCUT2D eigenvalue weighted by molar-refractivity contribution is 7.93. The summed E-state index contributed by atoms with van der Waals surface area (Å²) in [6, 6.07) is 10.1. The third kappa shape index (κ3) is 5.23. The average molecular weight is 544 g/mol. The summed E-state index contributed by atoms with van der Waals surface area (Å²) >= 11 is 0.910. The van der Waals surface area contributed by atoms with E-state index < -0.39 is 21.4 Å². The molecule has 1 amide bonds. The van der Waals surface area contributed by atoms with Gasteiger partial charge in [-0.1, -0.05) is 18.2 Å². The van der Waals surface area contributed by atoms with E-state index in [1.807, 2.05) is 39.0 Å². The number of rotatable bonds is 5. The molecule has 1 aliphatic rings. The van der Waals surface area contributed by atoms with E-state index in [1.165, 1.54) is 29.1 Å². The van der Waals surface area contributed by atoms with E-state index in [4.69, 9.17) is 9.15 Å². The van der Waals surface area contributed by atoms with Gasteiger partial charge in [0.15, 0.2) is 5.58 Å². The van der Waals surface area contributed by atoms with Crippen LogP contribution in [0.4, 0.5) is 9.93 Å². The SMILES string of the molecule is CC(C)(C)OC(=O)N1CCc2cccc(Cn3c(=O)oc4cc(S(=O)(=O)Nc5ncns5)ccc43)c2C1. The summed E-state index contributed by atoms with van der Waals surface area (Å²) < 4.78 is 44.0. The molecule has 194 valence electrons. The third-order valence-electron chi connectivity index (χ3n) is 5.88. The molecule has 13 heteroatoms. The standard InChI is InChI=1S/C24H25N5O6S2/c1-24(2,3)35-22(30)28-10-9-15-5-4-6-16(18(15)13-28)12-29-19-8-7-17(11-20(19)34-23(29)31)37(32,33)27-21-25-14-26-36-21/h4-8,11,14H,9-10,12-13H2,1-3H3,(H,25,26,27). The molecule has 37 heavy (non-hydrogen) atoms. The second-order valence-electron chi connectivity index (χ2n) is 9.64. The molecule has 3 heterocycles. The number of carbonyl (C=O) groups is 1. The van der Waals surface area contributed by atoms with Crippen molar-refractivity contribution in [2.45, 2.75) is 50.8 Å². The second-order valence-corrected chi connectivity index (χ2v) is 12.1. The van der Waals surface area contributed by atoms with Crippen LogP contribution in [0.2, 0.25) is 0 Å². The Morgan fingerprint density at radius 1 is 1.24 bits per heavy atom. The highest BCUT2D eigenvalue weighted by atomic mass is 32.2. The largest absolute Gasteiger partial charge is 0.444 e. The first-order valence-electron chi connectivity index (χ1n) is 11.5. The molecule has 0 fully saturated rings. The van der Waals surface area contributed by atoms with Gasteiger partial charge in [-0.05, 0) is 56.0 Å². The first kappa shape index (κ1) is 25.0. The molecule has 1 aliphatic heterocycles. The molecule has 0 aliphatic carbocycles. The first-order chi connectivity index (χ1) is 17.5. The van der Waals surface area contributed by atoms with Crippen LogP contribution < -0.4 is 10.5 Å². The number of benzene rings is 2. The van der Waals surface area contributed by atoms with Gasteiger partial charge < -0.3 is 14.1 Å². The number of fused-ring (bicyclic) bond motifs is 2. The predicted octanol–water partition coefficient (Wildman–Crippen LogP) is 3.59. The van der Waals surface area contributed by atoms with E-state index in [2.05, 4.69) is 14.1 Å². The molecule has 0 radical (unpaired) electrons. The number of aromatic nitrogens is 3. The molecule has 11 nitrogen and oxygen atoms in total. The van der Waals surface area contributed by atoms with Crippen molar-refractivity contribution in [3.63, 3.8) is 0 Å². The number of oxazole rings is 1. The highest BCUT2D eigenvalue weighted by Crippen LogP contribution is 2.27. The minimum Gasteiger partial charge on any atom is -0.444 e. The molecule has 5 rings (SSSR count). The van der Waals surface area contributed by atoms with Crippen molar-refractivity contribution < 1.29 is 22.4 Å². The number of amides is 1. The molecule has 0 atom stereocenters. The van der Waals surface area contributed by atoms with Crippen molar-refractivity contribution in [1.29, 1.82) is 0 Å². The zero-order chi connectivity index (χ0) is 26.4. The molecule has 0 spiro atoms. The summed E-state index contributed by atoms with van der Waals surface area (Å²) in [5, 5.41) is 0.133. The maximum Gasteiger partial charge on any atom is 0.420 e. The van der Waals surface area contributed by atoms with Gasteiger partial charge in [-0.25, -0.2) is 23.0 Å². The van der Waals surface area contributed by atoms with Crippen molar-refractivity contribution in [3.8, 4) is 0 Å². The van der Waals surface area contributed by atoms with Gasteiger partial charge in [0.2, 0.25) is 5.13 Å². The third-order valence-corrected chi connectivity index (χ3v) is 7.93. The summed E-state index contributed by atoms with van der Waals surface area (Å²) in [5.74, 6) is -0.612. The van der Waals surface area contributed by atoms with Gasteiger partial charge in [0.25, 0.3) is 10.0 Å². The molecule has 2 aromatic carbocycles. The normalized spacial score (nSPS) is 14.0. The number of ether oxygens (including phenoxy) is 1. The van der Waals surface area contributed by atoms with E-state index in [0.717, 1.165) is 28.2 Å². The molecular weight excluding hydrogens is 518 g/mol. The lowest BCUT2D eigenvalue weighted by Crippen LogP contribution is -2.40. The lowest BCUT2D eigenvalue weighted by molar-refractivity contribution is 0.0223.